The molecule has 21 heavy (non-hydrogen) atoms. The Labute approximate surface area is 131 Å². The van der Waals surface area contributed by atoms with Crippen LogP contribution < -0.4 is 14.8 Å². The van der Waals surface area contributed by atoms with E-state index in [2.05, 4.69) is 21.2 Å². The van der Waals surface area contributed by atoms with Gasteiger partial charge in [0.1, 0.15) is 0 Å². The topological polar surface area (TPSA) is 47.6 Å². The van der Waals surface area contributed by atoms with Crippen LogP contribution in [0.1, 0.15) is 28.9 Å². The minimum Gasteiger partial charge on any atom is -0.454 e. The van der Waals surface area contributed by atoms with E-state index in [4.69, 9.17) is 9.47 Å². The highest BCUT2D eigenvalue weighted by Crippen LogP contribution is 2.34. The quantitative estimate of drug-likeness (QED) is 0.921. The molecule has 5 heteroatoms. The van der Waals surface area contributed by atoms with Gasteiger partial charge in [-0.2, -0.15) is 0 Å². The van der Waals surface area contributed by atoms with Gasteiger partial charge in [0.2, 0.25) is 6.79 Å². The highest BCUT2D eigenvalue weighted by molar-refractivity contribution is 9.10. The fourth-order valence-electron chi connectivity index (χ4n) is 2.18. The first kappa shape index (κ1) is 13.9. The summed E-state index contributed by atoms with van der Waals surface area (Å²) in [5.41, 5.74) is 1.60. The molecule has 2 aromatic carbocycles. The number of fused-ring (bicyclic) bond motifs is 1. The van der Waals surface area contributed by atoms with Crippen molar-refractivity contribution in [2.75, 3.05) is 6.79 Å². The van der Waals surface area contributed by atoms with Crippen molar-refractivity contribution in [3.8, 4) is 11.5 Å². The second kappa shape index (κ2) is 5.77. The standard InChI is InChI=1S/C16H14BrNO3/c1-10(11-5-6-14-15(8-11)21-9-20-14)18-16(19)12-3-2-4-13(17)7-12/h2-8,10H,9H2,1H3,(H,18,19). The smallest absolute Gasteiger partial charge is 0.251 e. The van der Waals surface area contributed by atoms with E-state index in [0.717, 1.165) is 21.5 Å². The second-order valence-electron chi connectivity index (χ2n) is 4.82. The van der Waals surface area contributed by atoms with Crippen LogP contribution in [0.2, 0.25) is 0 Å². The van der Waals surface area contributed by atoms with E-state index < -0.39 is 0 Å². The Balaban J connectivity index is 1.74. The summed E-state index contributed by atoms with van der Waals surface area (Å²) < 4.78 is 11.5. The maximum Gasteiger partial charge on any atom is 0.251 e. The Bertz CT molecular complexity index is 687. The van der Waals surface area contributed by atoms with Gasteiger partial charge >= 0.3 is 0 Å². The maximum absolute atomic E-state index is 12.2. The molecular formula is C16H14BrNO3. The average Bonchev–Trinajstić information content (AvgIpc) is 2.94. The van der Waals surface area contributed by atoms with Crippen LogP contribution in [0.25, 0.3) is 0 Å². The van der Waals surface area contributed by atoms with Crippen LogP contribution in [0.15, 0.2) is 46.9 Å². The molecule has 1 aliphatic heterocycles. The first-order valence-corrected chi connectivity index (χ1v) is 7.39. The number of rotatable bonds is 3. The van der Waals surface area contributed by atoms with Crippen molar-refractivity contribution in [2.24, 2.45) is 0 Å². The molecule has 1 unspecified atom stereocenters. The zero-order valence-corrected chi connectivity index (χ0v) is 13.0. The lowest BCUT2D eigenvalue weighted by molar-refractivity contribution is 0.0939. The molecule has 4 nitrogen and oxygen atoms in total. The molecule has 1 N–H and O–H groups in total. The minimum atomic E-state index is -0.119. The van der Waals surface area contributed by atoms with E-state index in [1.165, 1.54) is 0 Å². The van der Waals surface area contributed by atoms with Gasteiger partial charge in [0.25, 0.3) is 5.91 Å². The molecule has 1 aliphatic rings. The first-order chi connectivity index (χ1) is 10.1. The zero-order chi connectivity index (χ0) is 14.8. The third kappa shape index (κ3) is 3.03. The monoisotopic (exact) mass is 347 g/mol. The molecule has 108 valence electrons. The predicted molar refractivity (Wildman–Crippen MR) is 82.6 cm³/mol. The molecule has 0 fully saturated rings. The van der Waals surface area contributed by atoms with Gasteiger partial charge in [0.15, 0.2) is 11.5 Å². The number of benzene rings is 2. The number of hydrogen-bond donors (Lipinski definition) is 1. The Kier molecular flexibility index (Phi) is 3.84. The van der Waals surface area contributed by atoms with Crippen molar-refractivity contribution in [1.29, 1.82) is 0 Å². The number of amides is 1. The lowest BCUT2D eigenvalue weighted by Gasteiger charge is -2.15. The molecule has 0 saturated carbocycles. The summed E-state index contributed by atoms with van der Waals surface area (Å²) in [6, 6.07) is 12.9. The summed E-state index contributed by atoms with van der Waals surface area (Å²) in [6.45, 7) is 2.19. The summed E-state index contributed by atoms with van der Waals surface area (Å²) in [4.78, 5) is 12.2. The Hall–Kier alpha value is -2.01. The van der Waals surface area contributed by atoms with Crippen LogP contribution >= 0.6 is 15.9 Å². The molecule has 0 bridgehead atoms. The van der Waals surface area contributed by atoms with E-state index in [-0.39, 0.29) is 18.7 Å². The van der Waals surface area contributed by atoms with E-state index in [1.807, 2.05) is 37.3 Å². The summed E-state index contributed by atoms with van der Waals surface area (Å²) in [6.07, 6.45) is 0. The summed E-state index contributed by atoms with van der Waals surface area (Å²) in [5.74, 6) is 1.35. The first-order valence-electron chi connectivity index (χ1n) is 6.59. The van der Waals surface area contributed by atoms with Crippen molar-refractivity contribution in [3.63, 3.8) is 0 Å². The van der Waals surface area contributed by atoms with Gasteiger partial charge in [-0.3, -0.25) is 4.79 Å². The molecule has 0 aromatic heterocycles. The van der Waals surface area contributed by atoms with Gasteiger partial charge in [0, 0.05) is 10.0 Å². The van der Waals surface area contributed by atoms with Crippen LogP contribution in [0, 0.1) is 0 Å². The van der Waals surface area contributed by atoms with Crippen molar-refractivity contribution >= 4 is 21.8 Å². The maximum atomic E-state index is 12.2. The lowest BCUT2D eigenvalue weighted by atomic mass is 10.1. The van der Waals surface area contributed by atoms with Gasteiger partial charge < -0.3 is 14.8 Å². The van der Waals surface area contributed by atoms with E-state index >= 15 is 0 Å². The van der Waals surface area contributed by atoms with E-state index in [9.17, 15) is 4.79 Å². The van der Waals surface area contributed by atoms with Crippen molar-refractivity contribution in [3.05, 3.63) is 58.1 Å². The third-order valence-electron chi connectivity index (χ3n) is 3.33. The summed E-state index contributed by atoms with van der Waals surface area (Å²) in [7, 11) is 0. The molecule has 1 heterocycles. The Morgan fingerprint density at radius 1 is 1.19 bits per heavy atom. The molecular weight excluding hydrogens is 334 g/mol. The molecule has 0 aliphatic carbocycles. The minimum absolute atomic E-state index is 0.110. The molecule has 0 radical (unpaired) electrons. The molecule has 0 saturated heterocycles. The van der Waals surface area contributed by atoms with Crippen LogP contribution in [0.5, 0.6) is 11.5 Å². The fraction of sp³-hybridized carbons (Fsp3) is 0.188. The van der Waals surface area contributed by atoms with Gasteiger partial charge in [-0.15, -0.1) is 0 Å². The van der Waals surface area contributed by atoms with Crippen molar-refractivity contribution < 1.29 is 14.3 Å². The molecule has 3 rings (SSSR count). The number of carbonyl (C=O) groups excluding carboxylic acids is 1. The van der Waals surface area contributed by atoms with Crippen LogP contribution in [-0.2, 0) is 0 Å². The van der Waals surface area contributed by atoms with E-state index in [1.54, 1.807) is 12.1 Å². The van der Waals surface area contributed by atoms with Crippen LogP contribution in [0.4, 0.5) is 0 Å². The molecule has 2 aromatic rings. The molecule has 0 spiro atoms. The predicted octanol–water partition coefficient (Wildman–Crippen LogP) is 3.67. The average molecular weight is 348 g/mol. The summed E-state index contributed by atoms with van der Waals surface area (Å²) >= 11 is 3.36. The fourth-order valence-corrected chi connectivity index (χ4v) is 2.57. The highest BCUT2D eigenvalue weighted by atomic mass is 79.9. The largest absolute Gasteiger partial charge is 0.454 e. The Morgan fingerprint density at radius 2 is 2.00 bits per heavy atom. The normalized spacial score (nSPS) is 13.8. The van der Waals surface area contributed by atoms with Gasteiger partial charge in [-0.1, -0.05) is 28.1 Å². The van der Waals surface area contributed by atoms with Crippen molar-refractivity contribution in [1.82, 2.24) is 5.32 Å². The highest BCUT2D eigenvalue weighted by Gasteiger charge is 2.17. The van der Waals surface area contributed by atoms with Crippen LogP contribution in [-0.4, -0.2) is 12.7 Å². The zero-order valence-electron chi connectivity index (χ0n) is 11.4. The molecule has 1 atom stereocenters. The van der Waals surface area contributed by atoms with E-state index in [0.29, 0.717) is 5.56 Å². The van der Waals surface area contributed by atoms with Gasteiger partial charge in [-0.05, 0) is 42.8 Å². The van der Waals surface area contributed by atoms with Crippen molar-refractivity contribution in [2.45, 2.75) is 13.0 Å². The number of halogens is 1. The SMILES string of the molecule is CC(NC(=O)c1cccc(Br)c1)c1ccc2c(c1)OCO2. The number of carbonyl (C=O) groups is 1. The second-order valence-corrected chi connectivity index (χ2v) is 5.73. The number of ether oxygens (including phenoxy) is 2. The lowest BCUT2D eigenvalue weighted by Crippen LogP contribution is -2.26. The third-order valence-corrected chi connectivity index (χ3v) is 3.82. The number of hydrogen-bond acceptors (Lipinski definition) is 3. The van der Waals surface area contributed by atoms with Gasteiger partial charge in [0.05, 0.1) is 6.04 Å². The van der Waals surface area contributed by atoms with Crippen LogP contribution in [0.3, 0.4) is 0 Å². The van der Waals surface area contributed by atoms with Gasteiger partial charge in [-0.25, -0.2) is 0 Å². The Morgan fingerprint density at radius 3 is 2.81 bits per heavy atom. The summed E-state index contributed by atoms with van der Waals surface area (Å²) in [5, 5.41) is 2.97. The molecule has 1 amide bonds. The number of nitrogens with one attached hydrogen (secondary N) is 1.